The Bertz CT molecular complexity index is 627. The standard InChI is InChI=1S/C15H16N4/c1-3-13-10-17-19(11-13)15-9-14(6-7-16-15)18-8-4-5-12(18)2/h3,6-7,9-11H,1-2,4-5,8H2. The van der Waals surface area contributed by atoms with Crippen LogP contribution in [0.25, 0.3) is 11.9 Å². The largest absolute Gasteiger partial charge is 0.346 e. The minimum absolute atomic E-state index is 0.810. The number of rotatable bonds is 3. The summed E-state index contributed by atoms with van der Waals surface area (Å²) in [6, 6.07) is 4.05. The topological polar surface area (TPSA) is 34.0 Å². The number of hydrogen-bond acceptors (Lipinski definition) is 3. The SMILES string of the molecule is C=Cc1cnn(-c2cc(N3CCCC3=C)ccn2)c1. The van der Waals surface area contributed by atoms with E-state index < -0.39 is 0 Å². The number of pyridine rings is 1. The highest BCUT2D eigenvalue weighted by molar-refractivity contribution is 5.55. The molecule has 2 aromatic rings. The molecule has 0 radical (unpaired) electrons. The van der Waals surface area contributed by atoms with Crippen LogP contribution in [0.2, 0.25) is 0 Å². The van der Waals surface area contributed by atoms with Gasteiger partial charge < -0.3 is 4.90 Å². The van der Waals surface area contributed by atoms with Crippen molar-refractivity contribution in [3.63, 3.8) is 0 Å². The van der Waals surface area contributed by atoms with E-state index in [0.717, 1.165) is 30.0 Å². The number of anilines is 1. The Morgan fingerprint density at radius 3 is 2.95 bits per heavy atom. The molecule has 4 nitrogen and oxygen atoms in total. The third-order valence-corrected chi connectivity index (χ3v) is 3.34. The maximum atomic E-state index is 4.36. The lowest BCUT2D eigenvalue weighted by Crippen LogP contribution is -2.15. The van der Waals surface area contributed by atoms with E-state index in [1.807, 2.05) is 24.5 Å². The number of nitrogens with zero attached hydrogens (tertiary/aromatic N) is 4. The maximum Gasteiger partial charge on any atom is 0.155 e. The quantitative estimate of drug-likeness (QED) is 0.842. The second-order valence-corrected chi connectivity index (χ2v) is 4.62. The Hall–Kier alpha value is -2.36. The highest BCUT2D eigenvalue weighted by Gasteiger charge is 2.17. The van der Waals surface area contributed by atoms with Gasteiger partial charge in [-0.15, -0.1) is 0 Å². The Kier molecular flexibility index (Phi) is 2.91. The van der Waals surface area contributed by atoms with Gasteiger partial charge in [0.05, 0.1) is 6.20 Å². The fraction of sp³-hybridized carbons (Fsp3) is 0.200. The second-order valence-electron chi connectivity index (χ2n) is 4.62. The lowest BCUT2D eigenvalue weighted by atomic mass is 10.3. The van der Waals surface area contributed by atoms with E-state index in [-0.39, 0.29) is 0 Å². The van der Waals surface area contributed by atoms with Crippen molar-refractivity contribution in [1.82, 2.24) is 14.8 Å². The lowest BCUT2D eigenvalue weighted by molar-refractivity contribution is 0.844. The Morgan fingerprint density at radius 1 is 1.37 bits per heavy atom. The average Bonchev–Trinajstić information content (AvgIpc) is 3.07. The summed E-state index contributed by atoms with van der Waals surface area (Å²) in [6.45, 7) is 8.86. The van der Waals surface area contributed by atoms with Crippen LogP contribution < -0.4 is 4.90 Å². The molecule has 1 aliphatic rings. The number of allylic oxidation sites excluding steroid dienone is 1. The maximum absolute atomic E-state index is 4.36. The molecule has 0 aliphatic carbocycles. The normalized spacial score (nSPS) is 14.9. The molecule has 0 amide bonds. The molecule has 0 bridgehead atoms. The van der Waals surface area contributed by atoms with Crippen LogP contribution in [0, 0.1) is 0 Å². The molecule has 96 valence electrons. The van der Waals surface area contributed by atoms with Crippen molar-refractivity contribution in [1.29, 1.82) is 0 Å². The molecule has 0 spiro atoms. The van der Waals surface area contributed by atoms with Gasteiger partial charge in [0.25, 0.3) is 0 Å². The Balaban J connectivity index is 1.95. The van der Waals surface area contributed by atoms with Crippen LogP contribution in [-0.2, 0) is 0 Å². The third-order valence-electron chi connectivity index (χ3n) is 3.34. The minimum Gasteiger partial charge on any atom is -0.346 e. The molecule has 0 saturated carbocycles. The molecule has 1 saturated heterocycles. The van der Waals surface area contributed by atoms with Crippen LogP contribution in [0.1, 0.15) is 18.4 Å². The zero-order chi connectivity index (χ0) is 13.2. The van der Waals surface area contributed by atoms with E-state index in [0.29, 0.717) is 0 Å². The van der Waals surface area contributed by atoms with Crippen molar-refractivity contribution in [2.45, 2.75) is 12.8 Å². The van der Waals surface area contributed by atoms with Crippen LogP contribution in [0.3, 0.4) is 0 Å². The monoisotopic (exact) mass is 252 g/mol. The van der Waals surface area contributed by atoms with E-state index in [4.69, 9.17) is 0 Å². The number of hydrogen-bond donors (Lipinski definition) is 0. The summed E-state index contributed by atoms with van der Waals surface area (Å²) in [7, 11) is 0. The summed E-state index contributed by atoms with van der Waals surface area (Å²) in [4.78, 5) is 6.60. The third kappa shape index (κ3) is 2.17. The van der Waals surface area contributed by atoms with Gasteiger partial charge in [-0.05, 0) is 18.9 Å². The smallest absolute Gasteiger partial charge is 0.155 e. The molecule has 3 heterocycles. The van der Waals surface area contributed by atoms with Gasteiger partial charge >= 0.3 is 0 Å². The predicted octanol–water partition coefficient (Wildman–Crippen LogP) is 3.02. The fourth-order valence-electron chi connectivity index (χ4n) is 2.31. The van der Waals surface area contributed by atoms with Gasteiger partial charge in [-0.2, -0.15) is 5.10 Å². The van der Waals surface area contributed by atoms with Crippen LogP contribution in [0.15, 0.2) is 49.6 Å². The van der Waals surface area contributed by atoms with Gasteiger partial charge in [0.15, 0.2) is 5.82 Å². The van der Waals surface area contributed by atoms with Crippen molar-refractivity contribution < 1.29 is 0 Å². The highest BCUT2D eigenvalue weighted by atomic mass is 15.3. The summed E-state index contributed by atoms with van der Waals surface area (Å²) in [5, 5.41) is 4.29. The molecule has 19 heavy (non-hydrogen) atoms. The zero-order valence-electron chi connectivity index (χ0n) is 10.8. The van der Waals surface area contributed by atoms with E-state index in [1.54, 1.807) is 17.0 Å². The van der Waals surface area contributed by atoms with Crippen LogP contribution in [0.5, 0.6) is 0 Å². The zero-order valence-corrected chi connectivity index (χ0v) is 10.8. The minimum atomic E-state index is 0.810. The van der Waals surface area contributed by atoms with Gasteiger partial charge in [0.2, 0.25) is 0 Å². The lowest BCUT2D eigenvalue weighted by Gasteiger charge is -2.19. The number of aromatic nitrogens is 3. The highest BCUT2D eigenvalue weighted by Crippen LogP contribution is 2.27. The fourth-order valence-corrected chi connectivity index (χ4v) is 2.31. The van der Waals surface area contributed by atoms with Crippen molar-refractivity contribution in [2.75, 3.05) is 11.4 Å². The van der Waals surface area contributed by atoms with Gasteiger partial charge in [0.1, 0.15) is 0 Å². The van der Waals surface area contributed by atoms with Crippen molar-refractivity contribution in [2.24, 2.45) is 0 Å². The van der Waals surface area contributed by atoms with E-state index in [9.17, 15) is 0 Å². The van der Waals surface area contributed by atoms with Gasteiger partial charge in [-0.1, -0.05) is 19.2 Å². The Morgan fingerprint density at radius 2 is 2.26 bits per heavy atom. The predicted molar refractivity (Wildman–Crippen MR) is 77.2 cm³/mol. The first-order valence-electron chi connectivity index (χ1n) is 6.37. The molecule has 2 aromatic heterocycles. The molecule has 1 aliphatic heterocycles. The van der Waals surface area contributed by atoms with Crippen molar-refractivity contribution in [3.8, 4) is 5.82 Å². The Labute approximate surface area is 112 Å². The van der Waals surface area contributed by atoms with E-state index >= 15 is 0 Å². The molecule has 4 heteroatoms. The summed E-state index contributed by atoms with van der Waals surface area (Å²) in [6.07, 6.45) is 9.51. The summed E-state index contributed by atoms with van der Waals surface area (Å²) in [5.74, 6) is 0.810. The van der Waals surface area contributed by atoms with Crippen molar-refractivity contribution >= 4 is 11.8 Å². The first kappa shape index (κ1) is 11.7. The first-order chi connectivity index (χ1) is 9.28. The van der Waals surface area contributed by atoms with Crippen LogP contribution in [-0.4, -0.2) is 21.3 Å². The second kappa shape index (κ2) is 4.72. The molecule has 0 N–H and O–H groups in total. The van der Waals surface area contributed by atoms with Gasteiger partial charge in [0, 0.05) is 42.0 Å². The molecule has 0 unspecified atom stereocenters. The van der Waals surface area contributed by atoms with Crippen LogP contribution in [0.4, 0.5) is 5.69 Å². The first-order valence-corrected chi connectivity index (χ1v) is 6.37. The van der Waals surface area contributed by atoms with Crippen molar-refractivity contribution in [3.05, 3.63) is 55.1 Å². The summed E-state index contributed by atoms with van der Waals surface area (Å²) >= 11 is 0. The van der Waals surface area contributed by atoms with E-state index in [1.165, 1.54) is 12.1 Å². The molecule has 3 rings (SSSR count). The molecular formula is C15H16N4. The molecule has 1 fully saturated rings. The van der Waals surface area contributed by atoms with Gasteiger partial charge in [-0.25, -0.2) is 9.67 Å². The molecule has 0 aromatic carbocycles. The summed E-state index contributed by atoms with van der Waals surface area (Å²) in [5.41, 5.74) is 3.28. The van der Waals surface area contributed by atoms with Crippen LogP contribution >= 0.6 is 0 Å². The van der Waals surface area contributed by atoms with Gasteiger partial charge in [-0.3, -0.25) is 0 Å². The molecule has 0 atom stereocenters. The molecular weight excluding hydrogens is 236 g/mol. The van der Waals surface area contributed by atoms with E-state index in [2.05, 4.69) is 28.1 Å². The average molecular weight is 252 g/mol. The summed E-state index contributed by atoms with van der Waals surface area (Å²) < 4.78 is 1.76.